The maximum atomic E-state index is 12.6. The number of likely N-dealkylation sites (tertiary alicyclic amines) is 1. The Morgan fingerprint density at radius 3 is 2.11 bits per heavy atom. The first-order valence-electron chi connectivity index (χ1n) is 6.99. The molecule has 1 N–H and O–H groups in total. The summed E-state index contributed by atoms with van der Waals surface area (Å²) in [7, 11) is 0. The number of piperidine rings is 1. The first-order chi connectivity index (χ1) is 8.83. The van der Waals surface area contributed by atoms with E-state index in [0.29, 0.717) is 0 Å². The van der Waals surface area contributed by atoms with Crippen LogP contribution in [0.5, 0.6) is 0 Å². The molecule has 0 saturated carbocycles. The minimum absolute atomic E-state index is 0.000833. The van der Waals surface area contributed by atoms with Crippen molar-refractivity contribution in [3.8, 4) is 0 Å². The number of para-hydroxylation sites is 1. The Morgan fingerprint density at radius 2 is 1.58 bits per heavy atom. The van der Waals surface area contributed by atoms with E-state index < -0.39 is 0 Å². The van der Waals surface area contributed by atoms with Crippen LogP contribution < -0.4 is 5.32 Å². The summed E-state index contributed by atoms with van der Waals surface area (Å²) in [5.41, 5.74) is 0.658. The van der Waals surface area contributed by atoms with E-state index in [0.717, 1.165) is 18.5 Å². The molecule has 0 atom stereocenters. The standard InChI is InChI=1S/C16H24N2O/c1-15(2)11-8-12-16(3,4)18(15)14(19)17-13-9-6-5-7-10-13/h5-7,9-10H,8,11-12H2,1-4H3,(H,17,19). The summed E-state index contributed by atoms with van der Waals surface area (Å²) in [6.45, 7) is 8.61. The molecule has 1 fully saturated rings. The lowest BCUT2D eigenvalue weighted by atomic mass is 9.80. The highest BCUT2D eigenvalue weighted by atomic mass is 16.2. The topological polar surface area (TPSA) is 32.3 Å². The van der Waals surface area contributed by atoms with Crippen LogP contribution in [0.3, 0.4) is 0 Å². The van der Waals surface area contributed by atoms with Gasteiger partial charge in [0.1, 0.15) is 0 Å². The minimum atomic E-state index is -0.0966. The predicted octanol–water partition coefficient (Wildman–Crippen LogP) is 4.26. The van der Waals surface area contributed by atoms with E-state index in [1.807, 2.05) is 35.2 Å². The number of anilines is 1. The maximum absolute atomic E-state index is 12.6. The predicted molar refractivity (Wildman–Crippen MR) is 79.3 cm³/mol. The fourth-order valence-electron chi connectivity index (χ4n) is 3.25. The summed E-state index contributed by atoms with van der Waals surface area (Å²) in [5.74, 6) is 0. The van der Waals surface area contributed by atoms with E-state index in [2.05, 4.69) is 33.0 Å². The van der Waals surface area contributed by atoms with Crippen molar-refractivity contribution in [2.75, 3.05) is 5.32 Å². The lowest BCUT2D eigenvalue weighted by Gasteiger charge is -2.52. The molecule has 2 rings (SSSR count). The van der Waals surface area contributed by atoms with Gasteiger partial charge in [0.2, 0.25) is 0 Å². The summed E-state index contributed by atoms with van der Waals surface area (Å²) in [6, 6.07) is 9.65. The lowest BCUT2D eigenvalue weighted by Crippen LogP contribution is -2.62. The average molecular weight is 260 g/mol. The van der Waals surface area contributed by atoms with Gasteiger partial charge in [0.25, 0.3) is 0 Å². The van der Waals surface area contributed by atoms with E-state index in [-0.39, 0.29) is 17.1 Å². The van der Waals surface area contributed by atoms with Gasteiger partial charge in [-0.15, -0.1) is 0 Å². The Hall–Kier alpha value is -1.51. The van der Waals surface area contributed by atoms with Crippen molar-refractivity contribution in [3.63, 3.8) is 0 Å². The molecule has 104 valence electrons. The number of carbonyl (C=O) groups excluding carboxylic acids is 1. The van der Waals surface area contributed by atoms with Crippen LogP contribution in [0.15, 0.2) is 30.3 Å². The third kappa shape index (κ3) is 2.91. The highest BCUT2D eigenvalue weighted by Crippen LogP contribution is 2.38. The average Bonchev–Trinajstić information content (AvgIpc) is 2.27. The molecule has 1 aromatic rings. The van der Waals surface area contributed by atoms with Crippen LogP contribution in [-0.2, 0) is 0 Å². The first-order valence-corrected chi connectivity index (χ1v) is 6.99. The molecule has 0 aliphatic carbocycles. The SMILES string of the molecule is CC1(C)CCCC(C)(C)N1C(=O)Nc1ccccc1. The lowest BCUT2D eigenvalue weighted by molar-refractivity contribution is 0.0178. The van der Waals surface area contributed by atoms with E-state index in [1.165, 1.54) is 6.42 Å². The third-order valence-corrected chi connectivity index (χ3v) is 4.02. The van der Waals surface area contributed by atoms with E-state index in [4.69, 9.17) is 0 Å². The Balaban J connectivity index is 2.20. The Morgan fingerprint density at radius 1 is 1.05 bits per heavy atom. The van der Waals surface area contributed by atoms with Gasteiger partial charge in [-0.1, -0.05) is 18.2 Å². The molecule has 0 radical (unpaired) electrons. The normalized spacial score (nSPS) is 20.9. The molecular formula is C16H24N2O. The molecule has 19 heavy (non-hydrogen) atoms. The van der Waals surface area contributed by atoms with Crippen LogP contribution in [0, 0.1) is 0 Å². The van der Waals surface area contributed by atoms with Crippen LogP contribution in [0.4, 0.5) is 10.5 Å². The van der Waals surface area contributed by atoms with E-state index in [9.17, 15) is 4.79 Å². The Bertz CT molecular complexity index is 435. The number of nitrogens with one attached hydrogen (secondary N) is 1. The number of amides is 2. The van der Waals surface area contributed by atoms with Crippen molar-refractivity contribution in [1.82, 2.24) is 4.90 Å². The fourth-order valence-corrected chi connectivity index (χ4v) is 3.25. The van der Waals surface area contributed by atoms with Gasteiger partial charge >= 0.3 is 6.03 Å². The smallest absolute Gasteiger partial charge is 0.314 e. The number of carbonyl (C=O) groups is 1. The number of hydrogen-bond acceptors (Lipinski definition) is 1. The summed E-state index contributed by atoms with van der Waals surface area (Å²) in [6.07, 6.45) is 3.28. The second kappa shape index (κ2) is 4.87. The number of rotatable bonds is 1. The Labute approximate surface area is 116 Å². The Kier molecular flexibility index (Phi) is 3.57. The van der Waals surface area contributed by atoms with Gasteiger partial charge in [0.05, 0.1) is 0 Å². The van der Waals surface area contributed by atoms with Crippen LogP contribution in [-0.4, -0.2) is 22.0 Å². The quantitative estimate of drug-likeness (QED) is 0.804. The molecule has 0 aromatic heterocycles. The monoisotopic (exact) mass is 260 g/mol. The largest absolute Gasteiger partial charge is 0.322 e. The van der Waals surface area contributed by atoms with Crippen molar-refractivity contribution < 1.29 is 4.79 Å². The number of hydrogen-bond donors (Lipinski definition) is 1. The number of benzene rings is 1. The summed E-state index contributed by atoms with van der Waals surface area (Å²) >= 11 is 0. The summed E-state index contributed by atoms with van der Waals surface area (Å²) in [4.78, 5) is 14.6. The van der Waals surface area contributed by atoms with Gasteiger partial charge in [0, 0.05) is 16.8 Å². The molecule has 1 aromatic carbocycles. The molecule has 0 unspecified atom stereocenters. The minimum Gasteiger partial charge on any atom is -0.314 e. The molecule has 0 bridgehead atoms. The van der Waals surface area contributed by atoms with Gasteiger partial charge in [-0.3, -0.25) is 0 Å². The van der Waals surface area contributed by atoms with Gasteiger partial charge in [0.15, 0.2) is 0 Å². The highest BCUT2D eigenvalue weighted by Gasteiger charge is 2.44. The van der Waals surface area contributed by atoms with Crippen molar-refractivity contribution in [1.29, 1.82) is 0 Å². The molecule has 1 aliphatic heterocycles. The van der Waals surface area contributed by atoms with Crippen LogP contribution in [0.2, 0.25) is 0 Å². The fraction of sp³-hybridized carbons (Fsp3) is 0.562. The second-order valence-corrected chi connectivity index (χ2v) is 6.61. The van der Waals surface area contributed by atoms with Crippen LogP contribution in [0.25, 0.3) is 0 Å². The van der Waals surface area contributed by atoms with Crippen molar-refractivity contribution >= 4 is 11.7 Å². The van der Waals surface area contributed by atoms with Crippen LogP contribution in [0.1, 0.15) is 47.0 Å². The van der Waals surface area contributed by atoms with Crippen molar-refractivity contribution in [2.24, 2.45) is 0 Å². The molecule has 3 nitrogen and oxygen atoms in total. The van der Waals surface area contributed by atoms with Gasteiger partial charge < -0.3 is 10.2 Å². The van der Waals surface area contributed by atoms with E-state index >= 15 is 0 Å². The highest BCUT2D eigenvalue weighted by molar-refractivity contribution is 5.90. The number of urea groups is 1. The molecule has 0 spiro atoms. The molecule has 1 heterocycles. The maximum Gasteiger partial charge on any atom is 0.322 e. The van der Waals surface area contributed by atoms with Gasteiger partial charge in [-0.25, -0.2) is 4.79 Å². The zero-order chi connectivity index (χ0) is 14.1. The van der Waals surface area contributed by atoms with Crippen LogP contribution >= 0.6 is 0 Å². The molecule has 3 heteroatoms. The first kappa shape index (κ1) is 13.9. The van der Waals surface area contributed by atoms with E-state index in [1.54, 1.807) is 0 Å². The third-order valence-electron chi connectivity index (χ3n) is 4.02. The van der Waals surface area contributed by atoms with Gasteiger partial charge in [-0.05, 0) is 59.1 Å². The van der Waals surface area contributed by atoms with Crippen molar-refractivity contribution in [2.45, 2.75) is 58.0 Å². The number of nitrogens with zero attached hydrogens (tertiary/aromatic N) is 1. The zero-order valence-electron chi connectivity index (χ0n) is 12.4. The second-order valence-electron chi connectivity index (χ2n) is 6.61. The van der Waals surface area contributed by atoms with Gasteiger partial charge in [-0.2, -0.15) is 0 Å². The van der Waals surface area contributed by atoms with Crippen molar-refractivity contribution in [3.05, 3.63) is 30.3 Å². The zero-order valence-corrected chi connectivity index (χ0v) is 12.4. The molecule has 1 aliphatic rings. The molecular weight excluding hydrogens is 236 g/mol. The molecule has 1 saturated heterocycles. The summed E-state index contributed by atoms with van der Waals surface area (Å²) in [5, 5.41) is 3.01. The molecule has 2 amide bonds. The summed E-state index contributed by atoms with van der Waals surface area (Å²) < 4.78 is 0.